The number of benzene rings is 4. The van der Waals surface area contributed by atoms with Gasteiger partial charge in [-0.1, -0.05) is 0 Å². The molecule has 1 atom stereocenters. The van der Waals surface area contributed by atoms with E-state index in [9.17, 15) is 4.89 Å². The Bertz CT molecular complexity index is 1900. The van der Waals surface area contributed by atoms with Crippen molar-refractivity contribution in [1.29, 1.82) is 0 Å². The fraction of sp³-hybridized carbons (Fsp3) is 0.385. The molecule has 3 aliphatic rings. The van der Waals surface area contributed by atoms with Gasteiger partial charge in [-0.2, -0.15) is 0 Å². The topological polar surface area (TPSA) is 84.8 Å². The summed E-state index contributed by atoms with van der Waals surface area (Å²) in [5.41, 5.74) is 1.85. The summed E-state index contributed by atoms with van der Waals surface area (Å²) < 4.78 is 45.0. The van der Waals surface area contributed by atoms with Crippen LogP contribution < -0.4 is 33.1 Å². The molecule has 4 aromatic carbocycles. The molecule has 0 radical (unpaired) electrons. The predicted octanol–water partition coefficient (Wildman–Crippen LogP) is 8.94. The van der Waals surface area contributed by atoms with Gasteiger partial charge in [0, 0.05) is 0 Å². The zero-order valence-corrected chi connectivity index (χ0v) is 31.4. The Labute approximate surface area is 291 Å². The van der Waals surface area contributed by atoms with Crippen LogP contribution in [0.3, 0.4) is 0 Å². The predicted molar refractivity (Wildman–Crippen MR) is 195 cm³/mol. The molecule has 260 valence electrons. The molecular formula is C39H46O8P2. The van der Waals surface area contributed by atoms with Crippen molar-refractivity contribution in [3.8, 4) is 34.5 Å². The minimum atomic E-state index is -4.34. The fourth-order valence-electron chi connectivity index (χ4n) is 6.91. The van der Waals surface area contributed by atoms with Crippen LogP contribution in [-0.2, 0) is 29.4 Å². The summed E-state index contributed by atoms with van der Waals surface area (Å²) in [6.07, 6.45) is 2.24. The van der Waals surface area contributed by atoms with Gasteiger partial charge in [0.25, 0.3) is 0 Å². The molecule has 0 fully saturated rings. The van der Waals surface area contributed by atoms with Gasteiger partial charge in [-0.05, 0) is 0 Å². The first kappa shape index (κ1) is 33.9. The molecule has 0 aromatic heterocycles. The van der Waals surface area contributed by atoms with Gasteiger partial charge in [0.2, 0.25) is 0 Å². The van der Waals surface area contributed by atoms with E-state index in [0.29, 0.717) is 40.5 Å². The molecule has 0 amide bonds. The van der Waals surface area contributed by atoms with Crippen molar-refractivity contribution in [2.75, 3.05) is 0 Å². The van der Waals surface area contributed by atoms with E-state index in [1.54, 1.807) is 0 Å². The van der Waals surface area contributed by atoms with Crippen molar-refractivity contribution in [2.24, 2.45) is 0 Å². The molecule has 1 unspecified atom stereocenters. The maximum absolute atomic E-state index is 12.8. The molecule has 0 aliphatic carbocycles. The zero-order chi connectivity index (χ0) is 34.8. The molecule has 0 spiro atoms. The standard InChI is InChI=1S/C39H46O8P2/c1-36(2)22-25-14-11-19-30(33(25)41-36)44-48-47-39(7,8)28-17-9-10-18-29(28)45-49(40,32-21-13-16-27-24-38(5,6)43-35(27)32)46-31-20-12-15-26-23-37(3,4)42-34(26)31/h9-21,40,48-49H,22-24H2,1-8H3. The number of fused-ring (bicyclic) bond motifs is 3. The number of hydrogen-bond acceptors (Lipinski definition) is 8. The molecule has 0 saturated heterocycles. The van der Waals surface area contributed by atoms with Crippen LogP contribution in [-0.4, -0.2) is 21.7 Å². The van der Waals surface area contributed by atoms with Crippen LogP contribution in [0.5, 0.6) is 34.5 Å². The fourth-order valence-corrected chi connectivity index (χ4v) is 9.52. The Kier molecular flexibility index (Phi) is 8.35. The van der Waals surface area contributed by atoms with E-state index >= 15 is 0 Å². The number of ether oxygens (including phenoxy) is 3. The third kappa shape index (κ3) is 6.81. The van der Waals surface area contributed by atoms with Gasteiger partial charge in [0.05, 0.1) is 0 Å². The van der Waals surface area contributed by atoms with Crippen LogP contribution in [0.1, 0.15) is 77.6 Å². The average Bonchev–Trinajstić information content (AvgIpc) is 3.63. The summed E-state index contributed by atoms with van der Waals surface area (Å²) in [6.45, 7) is 16.2. The van der Waals surface area contributed by atoms with Crippen molar-refractivity contribution in [3.63, 3.8) is 0 Å². The van der Waals surface area contributed by atoms with Crippen molar-refractivity contribution in [1.82, 2.24) is 0 Å². The van der Waals surface area contributed by atoms with E-state index in [-0.39, 0.29) is 14.6 Å². The number of hydrogen-bond donors (Lipinski definition) is 1. The molecule has 4 aromatic rings. The van der Waals surface area contributed by atoms with Crippen LogP contribution >= 0.6 is 17.0 Å². The van der Waals surface area contributed by atoms with Crippen LogP contribution in [0, 0.1) is 0 Å². The van der Waals surface area contributed by atoms with Crippen LogP contribution in [0.2, 0.25) is 0 Å². The van der Waals surface area contributed by atoms with Gasteiger partial charge < -0.3 is 0 Å². The van der Waals surface area contributed by atoms with Crippen molar-refractivity contribution >= 4 is 22.3 Å². The summed E-state index contributed by atoms with van der Waals surface area (Å²) in [5, 5.41) is 0.491. The van der Waals surface area contributed by atoms with E-state index in [2.05, 4.69) is 19.9 Å². The monoisotopic (exact) mass is 704 g/mol. The summed E-state index contributed by atoms with van der Waals surface area (Å²) in [5.74, 6) is 3.49. The molecule has 7 rings (SSSR count). The summed E-state index contributed by atoms with van der Waals surface area (Å²) in [6, 6.07) is 25.0. The average molecular weight is 705 g/mol. The summed E-state index contributed by atoms with van der Waals surface area (Å²) in [4.78, 5) is 12.8. The third-order valence-corrected chi connectivity index (χ3v) is 12.0. The Morgan fingerprint density at radius 1 is 0.612 bits per heavy atom. The van der Waals surface area contributed by atoms with Crippen LogP contribution in [0.25, 0.3) is 0 Å². The van der Waals surface area contributed by atoms with E-state index in [1.165, 1.54) is 0 Å². The summed E-state index contributed by atoms with van der Waals surface area (Å²) >= 11 is 0. The minimum absolute atomic E-state index is 0.286. The van der Waals surface area contributed by atoms with Gasteiger partial charge in [0.1, 0.15) is 0 Å². The quantitative estimate of drug-likeness (QED) is 0.164. The molecule has 49 heavy (non-hydrogen) atoms. The zero-order valence-electron chi connectivity index (χ0n) is 29.4. The normalized spacial score (nSPS) is 18.6. The second kappa shape index (κ2) is 12.1. The van der Waals surface area contributed by atoms with E-state index in [0.717, 1.165) is 40.8 Å². The molecule has 8 nitrogen and oxygen atoms in total. The van der Waals surface area contributed by atoms with Gasteiger partial charge >= 0.3 is 292 Å². The van der Waals surface area contributed by atoms with Crippen LogP contribution in [0.15, 0.2) is 78.9 Å². The van der Waals surface area contributed by atoms with Crippen molar-refractivity contribution < 1.29 is 37.2 Å². The first-order valence-corrected chi connectivity index (χ1v) is 19.3. The Morgan fingerprint density at radius 2 is 1.08 bits per heavy atom. The molecule has 1 N–H and O–H groups in total. The Morgan fingerprint density at radius 3 is 1.71 bits per heavy atom. The van der Waals surface area contributed by atoms with Crippen LogP contribution in [0.4, 0.5) is 0 Å². The van der Waals surface area contributed by atoms with Gasteiger partial charge in [0.15, 0.2) is 0 Å². The Balaban J connectivity index is 1.20. The van der Waals surface area contributed by atoms with Crippen molar-refractivity contribution in [3.05, 3.63) is 101 Å². The first-order valence-electron chi connectivity index (χ1n) is 16.8. The molecule has 0 bridgehead atoms. The van der Waals surface area contributed by atoms with E-state index < -0.39 is 24.7 Å². The third-order valence-electron chi connectivity index (χ3n) is 9.02. The van der Waals surface area contributed by atoms with Crippen molar-refractivity contribution in [2.45, 2.75) is 97.1 Å². The molecule has 10 heteroatoms. The Hall–Kier alpha value is -3.54. The van der Waals surface area contributed by atoms with E-state index in [4.69, 9.17) is 32.3 Å². The SMILES string of the molecule is CC1(C)Cc2cccc(OPOC(C)(C)c3ccccc3O[PH](O)(Oc3cccc4c3OC(C)(C)C4)c3cccc4c3OC(C)(C)C4)c2O1. The molecule has 3 heterocycles. The number of rotatable bonds is 10. The number of para-hydroxylation sites is 4. The second-order valence-corrected chi connectivity index (χ2v) is 18.2. The van der Waals surface area contributed by atoms with Gasteiger partial charge in [-0.15, -0.1) is 0 Å². The molecular weight excluding hydrogens is 658 g/mol. The summed E-state index contributed by atoms with van der Waals surface area (Å²) in [7, 11) is -4.67. The molecule has 3 aliphatic heterocycles. The van der Waals surface area contributed by atoms with E-state index in [1.807, 2.05) is 114 Å². The van der Waals surface area contributed by atoms with Gasteiger partial charge in [-0.3, -0.25) is 0 Å². The molecule has 0 saturated carbocycles. The van der Waals surface area contributed by atoms with Gasteiger partial charge in [-0.25, -0.2) is 0 Å². The maximum atomic E-state index is 12.8. The second-order valence-electron chi connectivity index (χ2n) is 15.5. The first-order chi connectivity index (χ1) is 23.0.